The van der Waals surface area contributed by atoms with Crippen LogP contribution in [0.5, 0.6) is 0 Å². The lowest BCUT2D eigenvalue weighted by atomic mass is 10.1. The lowest BCUT2D eigenvalue weighted by Gasteiger charge is -2.33. The molecule has 0 bridgehead atoms. The van der Waals surface area contributed by atoms with Gasteiger partial charge in [0.25, 0.3) is 0 Å². The smallest absolute Gasteiger partial charge is 0.244 e. The number of carbonyl (C=O) groups is 2. The number of rotatable bonds is 11. The number of hydrogen-bond acceptors (Lipinski definition) is 4. The predicted molar refractivity (Wildman–Crippen MR) is 140 cm³/mol. The Morgan fingerprint density at radius 3 is 2.29 bits per heavy atom. The van der Waals surface area contributed by atoms with Gasteiger partial charge in [-0.2, -0.15) is 0 Å². The molecule has 186 valence electrons. The highest BCUT2D eigenvalue weighted by molar-refractivity contribution is 9.10. The molecule has 2 aromatic rings. The van der Waals surface area contributed by atoms with Crippen LogP contribution in [-0.4, -0.2) is 50.0 Å². The minimum Gasteiger partial charge on any atom is -0.352 e. The van der Waals surface area contributed by atoms with Crippen LogP contribution in [0.15, 0.2) is 53.0 Å². The van der Waals surface area contributed by atoms with Gasteiger partial charge < -0.3 is 10.2 Å². The molecule has 2 amide bonds. The quantitative estimate of drug-likeness (QED) is 0.452. The number of nitrogens with zero attached hydrogens (tertiary/aromatic N) is 2. The normalized spacial score (nSPS) is 13.1. The molecule has 0 saturated carbocycles. The van der Waals surface area contributed by atoms with Gasteiger partial charge in [-0.3, -0.25) is 13.9 Å². The van der Waals surface area contributed by atoms with Gasteiger partial charge in [0.1, 0.15) is 12.6 Å². The molecule has 0 unspecified atom stereocenters. The molecular formula is C25H34BrN3O4S. The lowest BCUT2D eigenvalue weighted by molar-refractivity contribution is -0.140. The summed E-state index contributed by atoms with van der Waals surface area (Å²) in [5.41, 5.74) is 2.27. The number of hydrogen-bond donors (Lipinski definition) is 1. The second kappa shape index (κ2) is 12.4. The van der Waals surface area contributed by atoms with Gasteiger partial charge in [0, 0.05) is 17.1 Å². The van der Waals surface area contributed by atoms with Crippen molar-refractivity contribution in [2.45, 2.75) is 59.2 Å². The Morgan fingerprint density at radius 2 is 1.74 bits per heavy atom. The molecule has 2 rings (SSSR count). The van der Waals surface area contributed by atoms with Crippen LogP contribution in [0, 0.1) is 6.92 Å². The van der Waals surface area contributed by atoms with Crippen LogP contribution in [0.1, 0.15) is 44.7 Å². The first-order valence-corrected chi connectivity index (χ1v) is 14.0. The average Bonchev–Trinajstić information content (AvgIpc) is 2.77. The van der Waals surface area contributed by atoms with Crippen LogP contribution in [0.25, 0.3) is 0 Å². The molecule has 0 aliphatic carbocycles. The van der Waals surface area contributed by atoms with Gasteiger partial charge in [0.05, 0.1) is 11.9 Å². The first-order valence-electron chi connectivity index (χ1n) is 11.4. The monoisotopic (exact) mass is 551 g/mol. The second-order valence-corrected chi connectivity index (χ2v) is 11.3. The minimum absolute atomic E-state index is 0.0360. The molecule has 0 spiro atoms. The molecule has 9 heteroatoms. The van der Waals surface area contributed by atoms with Gasteiger partial charge in [-0.15, -0.1) is 0 Å². The van der Waals surface area contributed by atoms with Crippen molar-refractivity contribution < 1.29 is 18.0 Å². The van der Waals surface area contributed by atoms with E-state index in [4.69, 9.17) is 0 Å². The van der Waals surface area contributed by atoms with Crippen LogP contribution in [0.3, 0.4) is 0 Å². The molecule has 0 radical (unpaired) electrons. The van der Waals surface area contributed by atoms with E-state index >= 15 is 0 Å². The minimum atomic E-state index is -3.76. The van der Waals surface area contributed by atoms with Gasteiger partial charge in [0.2, 0.25) is 21.8 Å². The summed E-state index contributed by atoms with van der Waals surface area (Å²) in [6.45, 7) is 7.48. The Bertz CT molecular complexity index is 1110. The molecule has 0 aliphatic rings. The predicted octanol–water partition coefficient (Wildman–Crippen LogP) is 4.25. The van der Waals surface area contributed by atoms with Crippen molar-refractivity contribution in [2.75, 3.05) is 17.1 Å². The van der Waals surface area contributed by atoms with Crippen molar-refractivity contribution in [3.8, 4) is 0 Å². The highest BCUT2D eigenvalue weighted by atomic mass is 79.9. The van der Waals surface area contributed by atoms with E-state index in [0.29, 0.717) is 16.6 Å². The van der Waals surface area contributed by atoms with E-state index < -0.39 is 28.5 Å². The molecule has 34 heavy (non-hydrogen) atoms. The van der Waals surface area contributed by atoms with Crippen LogP contribution >= 0.6 is 15.9 Å². The first-order chi connectivity index (χ1) is 16.0. The Kier molecular flexibility index (Phi) is 10.1. The lowest BCUT2D eigenvalue weighted by Crippen LogP contribution is -2.53. The van der Waals surface area contributed by atoms with E-state index in [2.05, 4.69) is 21.2 Å². The van der Waals surface area contributed by atoms with E-state index in [9.17, 15) is 18.0 Å². The van der Waals surface area contributed by atoms with Gasteiger partial charge in [-0.1, -0.05) is 60.1 Å². The molecule has 0 aromatic heterocycles. The van der Waals surface area contributed by atoms with Crippen molar-refractivity contribution in [1.82, 2.24) is 10.2 Å². The number of benzene rings is 2. The van der Waals surface area contributed by atoms with Crippen molar-refractivity contribution in [1.29, 1.82) is 0 Å². The summed E-state index contributed by atoms with van der Waals surface area (Å²) in [4.78, 5) is 28.3. The Balaban J connectivity index is 2.45. The Labute approximate surface area is 211 Å². The van der Waals surface area contributed by atoms with Crippen LogP contribution in [0.4, 0.5) is 5.69 Å². The molecule has 2 aromatic carbocycles. The van der Waals surface area contributed by atoms with Crippen LogP contribution in [-0.2, 0) is 26.2 Å². The third-order valence-corrected chi connectivity index (χ3v) is 7.40. The molecule has 0 saturated heterocycles. The maximum Gasteiger partial charge on any atom is 0.244 e. The maximum atomic E-state index is 13.7. The molecule has 7 nitrogen and oxygen atoms in total. The zero-order valence-corrected chi connectivity index (χ0v) is 22.8. The van der Waals surface area contributed by atoms with E-state index in [1.54, 1.807) is 24.3 Å². The Hall–Kier alpha value is -2.39. The summed E-state index contributed by atoms with van der Waals surface area (Å²) in [5, 5.41) is 2.97. The number of aryl methyl sites for hydroxylation is 1. The summed E-state index contributed by atoms with van der Waals surface area (Å²) in [7, 11) is -3.76. The summed E-state index contributed by atoms with van der Waals surface area (Å²) in [5.74, 6) is -0.688. The second-order valence-electron chi connectivity index (χ2n) is 8.44. The standard InChI is InChI=1S/C25H34BrN3O4S/c1-6-19(4)27-25(31)23(7-2)28(16-20-12-9-8-11-18(20)3)24(30)17-29(34(5,32)33)22-14-10-13-21(26)15-22/h8-15,19,23H,6-7,16-17H2,1-5H3,(H,27,31)/t19-,23-/m0/s1. The molecule has 2 atom stereocenters. The third kappa shape index (κ3) is 7.56. The summed E-state index contributed by atoms with van der Waals surface area (Å²) < 4.78 is 27.0. The first kappa shape index (κ1) is 27.9. The van der Waals surface area contributed by atoms with E-state index in [-0.39, 0.29) is 18.5 Å². The fourth-order valence-corrected chi connectivity index (χ4v) is 4.81. The average molecular weight is 553 g/mol. The topological polar surface area (TPSA) is 86.8 Å². The molecule has 0 fully saturated rings. The molecule has 0 aliphatic heterocycles. The number of sulfonamides is 1. The molecular weight excluding hydrogens is 518 g/mol. The van der Waals surface area contributed by atoms with Crippen LogP contribution < -0.4 is 9.62 Å². The van der Waals surface area contributed by atoms with E-state index in [1.807, 2.05) is 52.0 Å². The SMILES string of the molecule is CC[C@H](C)NC(=O)[C@H](CC)N(Cc1ccccc1C)C(=O)CN(c1cccc(Br)c1)S(C)(=O)=O. The van der Waals surface area contributed by atoms with E-state index in [1.165, 1.54) is 4.90 Å². The van der Waals surface area contributed by atoms with Gasteiger partial charge >= 0.3 is 0 Å². The zero-order chi connectivity index (χ0) is 25.5. The summed E-state index contributed by atoms with van der Waals surface area (Å²) in [6.07, 6.45) is 2.23. The number of nitrogens with one attached hydrogen (secondary N) is 1. The highest BCUT2D eigenvalue weighted by Gasteiger charge is 2.32. The number of anilines is 1. The summed E-state index contributed by atoms with van der Waals surface area (Å²) in [6, 6.07) is 13.7. The van der Waals surface area contributed by atoms with Crippen molar-refractivity contribution in [2.24, 2.45) is 0 Å². The van der Waals surface area contributed by atoms with Crippen molar-refractivity contribution in [3.05, 3.63) is 64.1 Å². The fraction of sp³-hybridized carbons (Fsp3) is 0.440. The van der Waals surface area contributed by atoms with Crippen molar-refractivity contribution in [3.63, 3.8) is 0 Å². The molecule has 0 heterocycles. The number of halogens is 1. The third-order valence-electron chi connectivity index (χ3n) is 5.76. The van der Waals surface area contributed by atoms with Gasteiger partial charge in [-0.25, -0.2) is 8.42 Å². The highest BCUT2D eigenvalue weighted by Crippen LogP contribution is 2.23. The number of carbonyl (C=O) groups excluding carboxylic acids is 2. The fourth-order valence-electron chi connectivity index (χ4n) is 3.58. The van der Waals surface area contributed by atoms with Crippen molar-refractivity contribution >= 4 is 43.5 Å². The van der Waals surface area contributed by atoms with E-state index in [0.717, 1.165) is 28.1 Å². The number of amides is 2. The molecule has 1 N–H and O–H groups in total. The maximum absolute atomic E-state index is 13.7. The van der Waals surface area contributed by atoms with Gasteiger partial charge in [-0.05, 0) is 56.0 Å². The summed E-state index contributed by atoms with van der Waals surface area (Å²) >= 11 is 3.36. The Morgan fingerprint density at radius 1 is 1.06 bits per heavy atom. The van der Waals surface area contributed by atoms with Crippen LogP contribution in [0.2, 0.25) is 0 Å². The zero-order valence-electron chi connectivity index (χ0n) is 20.4. The largest absolute Gasteiger partial charge is 0.352 e. The van der Waals surface area contributed by atoms with Gasteiger partial charge in [0.15, 0.2) is 0 Å².